The quantitative estimate of drug-likeness (QED) is 0.815. The first-order chi connectivity index (χ1) is 8.40. The number of carboxylic acids is 1. The molecule has 0 aliphatic heterocycles. The van der Waals surface area contributed by atoms with Crippen molar-refractivity contribution in [1.82, 2.24) is 5.32 Å². The van der Waals surface area contributed by atoms with Crippen LogP contribution in [0.1, 0.15) is 37.0 Å². The topological polar surface area (TPSA) is 49.3 Å². The Kier molecular flexibility index (Phi) is 5.35. The molecule has 0 saturated heterocycles. The van der Waals surface area contributed by atoms with Crippen molar-refractivity contribution in [2.24, 2.45) is 5.92 Å². The Bertz CT molecular complexity index is 413. The van der Waals surface area contributed by atoms with Crippen LogP contribution in [0.25, 0.3) is 0 Å². The molecule has 0 radical (unpaired) electrons. The van der Waals surface area contributed by atoms with E-state index in [0.717, 1.165) is 0 Å². The number of rotatable bonds is 6. The summed E-state index contributed by atoms with van der Waals surface area (Å²) in [4.78, 5) is 11.1. The molecule has 18 heavy (non-hydrogen) atoms. The molecule has 0 bridgehead atoms. The Morgan fingerprint density at radius 1 is 1.33 bits per heavy atom. The molecule has 0 aliphatic rings. The van der Waals surface area contributed by atoms with Crippen LogP contribution in [0.4, 0.5) is 0 Å². The van der Waals surface area contributed by atoms with Crippen molar-refractivity contribution in [3.05, 3.63) is 34.9 Å². The lowest BCUT2D eigenvalue weighted by Crippen LogP contribution is -2.37. The largest absolute Gasteiger partial charge is 0.480 e. The molecule has 1 rings (SSSR count). The van der Waals surface area contributed by atoms with Gasteiger partial charge in [0.05, 0.1) is 0 Å². The van der Waals surface area contributed by atoms with E-state index in [9.17, 15) is 4.79 Å². The van der Waals surface area contributed by atoms with Gasteiger partial charge in [0.25, 0.3) is 0 Å². The van der Waals surface area contributed by atoms with Gasteiger partial charge in [-0.05, 0) is 37.3 Å². The molecule has 1 atom stereocenters. The fourth-order valence-electron chi connectivity index (χ4n) is 1.97. The molecule has 0 saturated carbocycles. The zero-order valence-corrected chi connectivity index (χ0v) is 11.7. The summed E-state index contributed by atoms with van der Waals surface area (Å²) < 4.78 is 0. The molecule has 0 unspecified atom stereocenters. The van der Waals surface area contributed by atoms with Crippen molar-refractivity contribution < 1.29 is 9.90 Å². The summed E-state index contributed by atoms with van der Waals surface area (Å²) in [5, 5.41) is 12.3. The smallest absolute Gasteiger partial charge is 0.320 e. The maximum absolute atomic E-state index is 11.1. The van der Waals surface area contributed by atoms with E-state index in [0.29, 0.717) is 18.9 Å². The Morgan fingerprint density at radius 3 is 2.56 bits per heavy atom. The highest BCUT2D eigenvalue weighted by molar-refractivity contribution is 5.73. The second-order valence-electron chi connectivity index (χ2n) is 5.33. The van der Waals surface area contributed by atoms with Crippen molar-refractivity contribution in [1.29, 1.82) is 0 Å². The normalized spacial score (nSPS) is 12.7. The van der Waals surface area contributed by atoms with Crippen LogP contribution in [-0.2, 0) is 11.3 Å². The molecule has 1 aromatic carbocycles. The third-order valence-corrected chi connectivity index (χ3v) is 3.05. The number of aliphatic carboxylic acids is 1. The van der Waals surface area contributed by atoms with Crippen molar-refractivity contribution in [2.75, 3.05) is 0 Å². The number of benzene rings is 1. The van der Waals surface area contributed by atoms with E-state index < -0.39 is 12.0 Å². The summed E-state index contributed by atoms with van der Waals surface area (Å²) in [7, 11) is 0. The summed E-state index contributed by atoms with van der Waals surface area (Å²) in [5.41, 5.74) is 3.57. The molecule has 2 N–H and O–H groups in total. The van der Waals surface area contributed by atoms with E-state index in [1.165, 1.54) is 16.7 Å². The van der Waals surface area contributed by atoms with Crippen molar-refractivity contribution >= 4 is 5.97 Å². The SMILES string of the molecule is Cc1ccc(C)c(CN[C@@H](CC(C)C)C(=O)O)c1. The Labute approximate surface area is 109 Å². The van der Waals surface area contributed by atoms with Crippen molar-refractivity contribution in [3.8, 4) is 0 Å². The Balaban J connectivity index is 2.66. The van der Waals surface area contributed by atoms with Crippen LogP contribution in [-0.4, -0.2) is 17.1 Å². The molecular formula is C15H23NO2. The monoisotopic (exact) mass is 249 g/mol. The molecular weight excluding hydrogens is 226 g/mol. The van der Waals surface area contributed by atoms with Crippen LogP contribution in [0, 0.1) is 19.8 Å². The van der Waals surface area contributed by atoms with E-state index in [1.54, 1.807) is 0 Å². The molecule has 1 aromatic rings. The summed E-state index contributed by atoms with van der Waals surface area (Å²) in [6.45, 7) is 8.78. The van der Waals surface area contributed by atoms with E-state index in [1.807, 2.05) is 20.8 Å². The highest BCUT2D eigenvalue weighted by Gasteiger charge is 2.18. The average molecular weight is 249 g/mol. The van der Waals surface area contributed by atoms with E-state index >= 15 is 0 Å². The molecule has 0 aromatic heterocycles. The molecule has 0 fully saturated rings. The fourth-order valence-corrected chi connectivity index (χ4v) is 1.97. The van der Waals surface area contributed by atoms with E-state index in [4.69, 9.17) is 5.11 Å². The first-order valence-corrected chi connectivity index (χ1v) is 6.42. The third kappa shape index (κ3) is 4.49. The Hall–Kier alpha value is -1.35. The molecule has 0 heterocycles. The standard InChI is InChI=1S/C15H23NO2/c1-10(2)7-14(15(17)18)16-9-13-8-11(3)5-6-12(13)4/h5-6,8,10,14,16H,7,9H2,1-4H3,(H,17,18)/t14-/m0/s1. The lowest BCUT2D eigenvalue weighted by molar-refractivity contribution is -0.140. The van der Waals surface area contributed by atoms with Gasteiger partial charge in [-0.2, -0.15) is 0 Å². The van der Waals surface area contributed by atoms with Crippen LogP contribution in [0.5, 0.6) is 0 Å². The zero-order valence-electron chi connectivity index (χ0n) is 11.7. The van der Waals surface area contributed by atoms with Crippen LogP contribution >= 0.6 is 0 Å². The minimum atomic E-state index is -0.769. The van der Waals surface area contributed by atoms with Crippen LogP contribution < -0.4 is 5.32 Å². The van der Waals surface area contributed by atoms with Gasteiger partial charge in [-0.1, -0.05) is 37.6 Å². The van der Waals surface area contributed by atoms with Gasteiger partial charge >= 0.3 is 5.97 Å². The summed E-state index contributed by atoms with van der Waals surface area (Å²) in [6, 6.07) is 5.79. The first kappa shape index (κ1) is 14.7. The van der Waals surface area contributed by atoms with E-state index in [-0.39, 0.29) is 0 Å². The predicted octanol–water partition coefficient (Wildman–Crippen LogP) is 2.89. The van der Waals surface area contributed by atoms with Gasteiger partial charge in [0.15, 0.2) is 0 Å². The lowest BCUT2D eigenvalue weighted by atomic mass is 10.0. The van der Waals surface area contributed by atoms with Crippen molar-refractivity contribution in [3.63, 3.8) is 0 Å². The zero-order chi connectivity index (χ0) is 13.7. The lowest BCUT2D eigenvalue weighted by Gasteiger charge is -2.17. The second-order valence-corrected chi connectivity index (χ2v) is 5.33. The maximum atomic E-state index is 11.1. The summed E-state index contributed by atoms with van der Waals surface area (Å²) in [6.07, 6.45) is 0.653. The summed E-state index contributed by atoms with van der Waals surface area (Å²) >= 11 is 0. The minimum Gasteiger partial charge on any atom is -0.480 e. The number of carbonyl (C=O) groups is 1. The van der Waals surface area contributed by atoms with Crippen molar-refractivity contribution in [2.45, 2.75) is 46.7 Å². The fraction of sp³-hybridized carbons (Fsp3) is 0.533. The average Bonchev–Trinajstić information content (AvgIpc) is 2.27. The number of hydrogen-bond acceptors (Lipinski definition) is 2. The molecule has 100 valence electrons. The van der Waals surface area contributed by atoms with Gasteiger partial charge in [-0.15, -0.1) is 0 Å². The van der Waals surface area contributed by atoms with Gasteiger partial charge < -0.3 is 10.4 Å². The van der Waals surface area contributed by atoms with Crippen LogP contribution in [0.2, 0.25) is 0 Å². The number of nitrogens with one attached hydrogen (secondary N) is 1. The number of aryl methyl sites for hydroxylation is 2. The van der Waals surface area contributed by atoms with Crippen LogP contribution in [0.3, 0.4) is 0 Å². The maximum Gasteiger partial charge on any atom is 0.320 e. The highest BCUT2D eigenvalue weighted by atomic mass is 16.4. The Morgan fingerprint density at radius 2 is 2.00 bits per heavy atom. The predicted molar refractivity (Wildman–Crippen MR) is 73.6 cm³/mol. The van der Waals surface area contributed by atoms with Gasteiger partial charge in [0.2, 0.25) is 0 Å². The molecule has 0 aliphatic carbocycles. The molecule has 3 heteroatoms. The van der Waals surface area contributed by atoms with E-state index in [2.05, 4.69) is 30.4 Å². The number of hydrogen-bond donors (Lipinski definition) is 2. The van der Waals surface area contributed by atoms with Gasteiger partial charge in [0, 0.05) is 6.54 Å². The number of carboxylic acid groups (broad SMARTS) is 1. The van der Waals surface area contributed by atoms with Gasteiger partial charge in [0.1, 0.15) is 6.04 Å². The first-order valence-electron chi connectivity index (χ1n) is 6.42. The second kappa shape index (κ2) is 6.55. The third-order valence-electron chi connectivity index (χ3n) is 3.05. The minimum absolute atomic E-state index is 0.372. The highest BCUT2D eigenvalue weighted by Crippen LogP contribution is 2.12. The summed E-state index contributed by atoms with van der Waals surface area (Å²) in [5.74, 6) is -0.397. The van der Waals surface area contributed by atoms with Crippen LogP contribution in [0.15, 0.2) is 18.2 Å². The molecule has 0 spiro atoms. The molecule has 3 nitrogen and oxygen atoms in total. The van der Waals surface area contributed by atoms with Gasteiger partial charge in [-0.25, -0.2) is 0 Å². The molecule has 0 amide bonds. The van der Waals surface area contributed by atoms with Gasteiger partial charge in [-0.3, -0.25) is 4.79 Å².